The van der Waals surface area contributed by atoms with Crippen LogP contribution in [-0.4, -0.2) is 5.91 Å². The molecule has 0 saturated heterocycles. The number of halogens is 4. The molecule has 0 bridgehead atoms. The first-order valence-corrected chi connectivity index (χ1v) is 8.28. The Hall–Kier alpha value is -2.83. The molecule has 1 amide bonds. The first kappa shape index (κ1) is 21.5. The number of hydrogen-bond donors (Lipinski definition) is 2. The smallest absolute Gasteiger partial charge is 0.287 e. The van der Waals surface area contributed by atoms with Crippen LogP contribution in [0.15, 0.2) is 78.9 Å². The highest BCUT2D eigenvalue weighted by atomic mass is 35.5. The summed E-state index contributed by atoms with van der Waals surface area (Å²) in [4.78, 5) is 12.0. The molecule has 0 aliphatic heterocycles. The van der Waals surface area contributed by atoms with E-state index in [4.69, 9.17) is 0 Å². The van der Waals surface area contributed by atoms with Gasteiger partial charge in [0.25, 0.3) is 5.91 Å². The van der Waals surface area contributed by atoms with Crippen LogP contribution < -0.4 is 10.9 Å². The molecule has 3 aromatic rings. The molecule has 0 spiro atoms. The van der Waals surface area contributed by atoms with Gasteiger partial charge < -0.3 is 0 Å². The fourth-order valence-electron chi connectivity index (χ4n) is 2.55. The van der Waals surface area contributed by atoms with Crippen molar-refractivity contribution in [2.24, 2.45) is 0 Å². The van der Waals surface area contributed by atoms with Crippen LogP contribution in [0.25, 0.3) is 11.1 Å². The van der Waals surface area contributed by atoms with Crippen molar-refractivity contribution in [2.45, 2.75) is 12.7 Å². The zero-order chi connectivity index (χ0) is 19.3. The zero-order valence-corrected chi connectivity index (χ0v) is 15.5. The predicted octanol–water partition coefficient (Wildman–Crippen LogP) is 5.23. The minimum absolute atomic E-state index is 0. The van der Waals surface area contributed by atoms with Crippen LogP contribution in [0.2, 0.25) is 0 Å². The number of amides is 1. The van der Waals surface area contributed by atoms with E-state index in [1.165, 1.54) is 0 Å². The Balaban J connectivity index is 0.00000280. The van der Waals surface area contributed by atoms with Crippen LogP contribution in [0, 0.1) is 0 Å². The minimum Gasteiger partial charge on any atom is -0.287 e. The third-order valence-corrected chi connectivity index (χ3v) is 4.03. The van der Waals surface area contributed by atoms with Gasteiger partial charge in [0.1, 0.15) is 0 Å². The highest BCUT2D eigenvalue weighted by Gasteiger charge is 2.30. The van der Waals surface area contributed by atoms with E-state index in [2.05, 4.69) is 10.9 Å². The number of rotatable bonds is 5. The van der Waals surface area contributed by atoms with Gasteiger partial charge >= 0.3 is 6.18 Å². The number of carbonyl (C=O) groups excluding carboxylic acids is 1. The van der Waals surface area contributed by atoms with Gasteiger partial charge in [-0.1, -0.05) is 54.6 Å². The molecule has 3 nitrogen and oxygen atoms in total. The Morgan fingerprint density at radius 1 is 0.786 bits per heavy atom. The summed E-state index contributed by atoms with van der Waals surface area (Å²) < 4.78 is 37.6. The molecule has 0 aromatic heterocycles. The fraction of sp³-hybridized carbons (Fsp3) is 0.0952. The molecule has 0 saturated carbocycles. The molecule has 0 radical (unpaired) electrons. The van der Waals surface area contributed by atoms with Crippen LogP contribution in [0.1, 0.15) is 21.5 Å². The molecule has 3 rings (SSSR count). The number of alkyl halides is 3. The van der Waals surface area contributed by atoms with Crippen molar-refractivity contribution in [2.75, 3.05) is 0 Å². The maximum atomic E-state index is 12.5. The number of hydrazine groups is 1. The van der Waals surface area contributed by atoms with Gasteiger partial charge in [-0.3, -0.25) is 10.2 Å². The number of nitrogens with one attached hydrogen (secondary N) is 2. The second kappa shape index (κ2) is 9.39. The average molecular weight is 407 g/mol. The van der Waals surface area contributed by atoms with Crippen molar-refractivity contribution in [1.82, 2.24) is 10.9 Å². The van der Waals surface area contributed by atoms with E-state index in [0.717, 1.165) is 41.0 Å². The highest BCUT2D eigenvalue weighted by molar-refractivity contribution is 5.93. The fourth-order valence-corrected chi connectivity index (χ4v) is 2.55. The molecule has 0 atom stereocenters. The topological polar surface area (TPSA) is 41.1 Å². The lowest BCUT2D eigenvalue weighted by molar-refractivity contribution is -0.137. The lowest BCUT2D eigenvalue weighted by atomic mass is 10.0. The summed E-state index contributed by atoms with van der Waals surface area (Å²) in [6.07, 6.45) is -4.42. The summed E-state index contributed by atoms with van der Waals surface area (Å²) in [5.74, 6) is -0.496. The van der Waals surface area contributed by atoms with E-state index in [1.807, 2.05) is 54.6 Å². The molecule has 2 N–H and O–H groups in total. The van der Waals surface area contributed by atoms with Gasteiger partial charge in [-0.15, -0.1) is 12.4 Å². The summed E-state index contributed by atoms with van der Waals surface area (Å²) in [5.41, 5.74) is 7.80. The van der Waals surface area contributed by atoms with Gasteiger partial charge in [-0.05, 0) is 41.0 Å². The molecule has 0 unspecified atom stereocenters. The van der Waals surface area contributed by atoms with Crippen molar-refractivity contribution < 1.29 is 18.0 Å². The largest absolute Gasteiger partial charge is 0.416 e. The average Bonchev–Trinajstić information content (AvgIpc) is 2.68. The van der Waals surface area contributed by atoms with Crippen LogP contribution in [0.4, 0.5) is 13.2 Å². The van der Waals surface area contributed by atoms with Gasteiger partial charge in [-0.2, -0.15) is 13.2 Å². The van der Waals surface area contributed by atoms with Gasteiger partial charge in [0, 0.05) is 12.1 Å². The maximum absolute atomic E-state index is 12.5. The summed E-state index contributed by atoms with van der Waals surface area (Å²) in [7, 11) is 0. The normalized spacial score (nSPS) is 10.8. The third-order valence-electron chi connectivity index (χ3n) is 4.03. The molecular weight excluding hydrogens is 389 g/mol. The summed E-state index contributed by atoms with van der Waals surface area (Å²) in [6, 6.07) is 21.9. The molecule has 0 fully saturated rings. The first-order valence-electron chi connectivity index (χ1n) is 8.28. The zero-order valence-electron chi connectivity index (χ0n) is 14.7. The van der Waals surface area contributed by atoms with Gasteiger partial charge in [0.15, 0.2) is 0 Å². The summed E-state index contributed by atoms with van der Waals surface area (Å²) >= 11 is 0. The van der Waals surface area contributed by atoms with Gasteiger partial charge in [-0.25, -0.2) is 5.43 Å². The van der Waals surface area contributed by atoms with Crippen molar-refractivity contribution in [3.8, 4) is 11.1 Å². The third kappa shape index (κ3) is 5.58. The van der Waals surface area contributed by atoms with E-state index in [-0.39, 0.29) is 18.0 Å². The molecule has 146 valence electrons. The summed E-state index contributed by atoms with van der Waals surface area (Å²) in [6.45, 7) is 0.390. The van der Waals surface area contributed by atoms with Crippen molar-refractivity contribution >= 4 is 18.3 Å². The lowest BCUT2D eigenvalue weighted by Crippen LogP contribution is -2.36. The van der Waals surface area contributed by atoms with Gasteiger partial charge in [0.2, 0.25) is 0 Å². The van der Waals surface area contributed by atoms with E-state index in [1.54, 1.807) is 0 Å². The van der Waals surface area contributed by atoms with Crippen LogP contribution in [-0.2, 0) is 12.7 Å². The number of hydrogen-bond acceptors (Lipinski definition) is 2. The molecule has 28 heavy (non-hydrogen) atoms. The van der Waals surface area contributed by atoms with Crippen LogP contribution in [0.3, 0.4) is 0 Å². The van der Waals surface area contributed by atoms with Crippen molar-refractivity contribution in [1.29, 1.82) is 0 Å². The van der Waals surface area contributed by atoms with Crippen LogP contribution in [0.5, 0.6) is 0 Å². The Morgan fingerprint density at radius 3 is 1.93 bits per heavy atom. The molecule has 0 heterocycles. The quantitative estimate of drug-likeness (QED) is 0.570. The first-order chi connectivity index (χ1) is 12.9. The Kier molecular flexibility index (Phi) is 7.20. The minimum atomic E-state index is -4.42. The van der Waals surface area contributed by atoms with Crippen molar-refractivity contribution in [3.63, 3.8) is 0 Å². The second-order valence-electron chi connectivity index (χ2n) is 5.95. The Labute approximate surface area is 167 Å². The predicted molar refractivity (Wildman–Crippen MR) is 105 cm³/mol. The van der Waals surface area contributed by atoms with E-state index >= 15 is 0 Å². The summed E-state index contributed by atoms with van der Waals surface area (Å²) in [5, 5.41) is 0. The monoisotopic (exact) mass is 406 g/mol. The molecule has 3 aromatic carbocycles. The SMILES string of the molecule is Cl.O=C(NNCc1ccc(-c2ccccc2)cc1)c1ccc(C(F)(F)F)cc1. The lowest BCUT2D eigenvalue weighted by Gasteiger charge is -2.10. The van der Waals surface area contributed by atoms with Crippen LogP contribution >= 0.6 is 12.4 Å². The Bertz CT molecular complexity index is 896. The molecule has 7 heteroatoms. The molecule has 0 aliphatic carbocycles. The number of carbonyl (C=O) groups is 1. The molecule has 0 aliphatic rings. The number of benzene rings is 3. The van der Waals surface area contributed by atoms with E-state index in [9.17, 15) is 18.0 Å². The standard InChI is InChI=1S/C21H17F3N2O.ClH/c22-21(23,24)19-12-10-18(11-13-19)20(27)26-25-14-15-6-8-17(9-7-15)16-4-2-1-3-5-16;/h1-13,25H,14H2,(H,26,27);1H. The molecular formula is C21H18ClF3N2O. The van der Waals surface area contributed by atoms with E-state index in [0.29, 0.717) is 6.54 Å². The Morgan fingerprint density at radius 2 is 1.36 bits per heavy atom. The van der Waals surface area contributed by atoms with Gasteiger partial charge in [0.05, 0.1) is 5.56 Å². The maximum Gasteiger partial charge on any atom is 0.416 e. The second-order valence-corrected chi connectivity index (χ2v) is 5.95. The van der Waals surface area contributed by atoms with Crippen molar-refractivity contribution in [3.05, 3.63) is 95.6 Å². The van der Waals surface area contributed by atoms with E-state index < -0.39 is 17.6 Å². The highest BCUT2D eigenvalue weighted by Crippen LogP contribution is 2.29.